The summed E-state index contributed by atoms with van der Waals surface area (Å²) < 4.78 is 25.1. The third kappa shape index (κ3) is 9.60. The van der Waals surface area contributed by atoms with Gasteiger partial charge in [0.2, 0.25) is 5.91 Å². The molecule has 1 N–H and O–H groups in total. The van der Waals surface area contributed by atoms with Gasteiger partial charge in [-0.05, 0) is 67.6 Å². The molecule has 7 heteroatoms. The van der Waals surface area contributed by atoms with E-state index in [0.29, 0.717) is 37.7 Å². The highest BCUT2D eigenvalue weighted by Crippen LogP contribution is 2.35. The maximum atomic E-state index is 11.5. The van der Waals surface area contributed by atoms with Crippen LogP contribution in [0.15, 0.2) is 90.0 Å². The molecule has 1 amide bonds. The highest BCUT2D eigenvalue weighted by Gasteiger charge is 2.16. The third-order valence-electron chi connectivity index (χ3n) is 7.26. The highest BCUT2D eigenvalue weighted by atomic mass is 16.5. The van der Waals surface area contributed by atoms with Crippen LogP contribution in [0.4, 0.5) is 0 Å². The second-order valence-corrected chi connectivity index (χ2v) is 10.8. The number of amides is 1. The first-order valence-corrected chi connectivity index (χ1v) is 15.6. The molecule has 0 bridgehead atoms. The summed E-state index contributed by atoms with van der Waals surface area (Å²) in [5.41, 5.74) is 8.23. The van der Waals surface area contributed by atoms with Gasteiger partial charge in [-0.2, -0.15) is 5.10 Å². The first-order chi connectivity index (χ1) is 21.9. The standard InChI is InChI=1S/C38H44N2O5/c1-6-15-32-35(20-13-21-36(32)45-34-19-12-11-16-27(34)3)42-22-14-23-43-37-25-38(44-26-30-17-9-8-10-18-30)33(24-31(37)7-2)28(4)39-40-29(5)41/h8-13,16-21,24-25H,6-7,14-15,22-23,26H2,1-5H3,(H,40,41)/b39-28-. The summed E-state index contributed by atoms with van der Waals surface area (Å²) in [5, 5.41) is 4.25. The number of benzene rings is 4. The van der Waals surface area contributed by atoms with E-state index in [1.165, 1.54) is 6.92 Å². The quantitative estimate of drug-likeness (QED) is 0.0783. The molecule has 0 aliphatic carbocycles. The lowest BCUT2D eigenvalue weighted by molar-refractivity contribution is -0.118. The molecule has 0 unspecified atom stereocenters. The van der Waals surface area contributed by atoms with Crippen LogP contribution in [0.1, 0.15) is 68.4 Å². The maximum Gasteiger partial charge on any atom is 0.236 e. The van der Waals surface area contributed by atoms with E-state index >= 15 is 0 Å². The van der Waals surface area contributed by atoms with E-state index in [4.69, 9.17) is 18.9 Å². The lowest BCUT2D eigenvalue weighted by atomic mass is 10.0. The minimum Gasteiger partial charge on any atom is -0.493 e. The lowest BCUT2D eigenvalue weighted by Gasteiger charge is -2.18. The average molecular weight is 609 g/mol. The van der Waals surface area contributed by atoms with E-state index in [1.54, 1.807) is 0 Å². The summed E-state index contributed by atoms with van der Waals surface area (Å²) in [6.45, 7) is 11.0. The molecule has 7 nitrogen and oxygen atoms in total. The Hall–Kier alpha value is -4.78. The number of hydrazone groups is 1. The Morgan fingerprint density at radius 3 is 2.16 bits per heavy atom. The topological polar surface area (TPSA) is 78.4 Å². The number of aryl methyl sites for hydroxylation is 2. The van der Waals surface area contributed by atoms with Gasteiger partial charge in [-0.3, -0.25) is 4.79 Å². The monoisotopic (exact) mass is 608 g/mol. The van der Waals surface area contributed by atoms with Crippen molar-refractivity contribution in [2.24, 2.45) is 5.10 Å². The molecule has 4 aromatic carbocycles. The SMILES string of the molecule is CCCc1c(OCCCOc2cc(OCc3ccccc3)c(/C(C)=N\NC(C)=O)cc2CC)cccc1Oc1ccccc1C. The smallest absolute Gasteiger partial charge is 0.236 e. The molecule has 0 fully saturated rings. The van der Waals surface area contributed by atoms with Crippen LogP contribution in [-0.2, 0) is 24.2 Å². The van der Waals surface area contributed by atoms with Crippen LogP contribution < -0.4 is 24.4 Å². The Balaban J connectivity index is 1.44. The van der Waals surface area contributed by atoms with Crippen LogP contribution >= 0.6 is 0 Å². The predicted molar refractivity (Wildman–Crippen MR) is 180 cm³/mol. The molecular weight excluding hydrogens is 564 g/mol. The Kier molecular flexibility index (Phi) is 12.4. The van der Waals surface area contributed by atoms with Crippen LogP contribution in [-0.4, -0.2) is 24.8 Å². The van der Waals surface area contributed by atoms with E-state index in [9.17, 15) is 4.79 Å². The number of hydrogen-bond donors (Lipinski definition) is 1. The molecule has 0 aromatic heterocycles. The highest BCUT2D eigenvalue weighted by molar-refractivity contribution is 6.02. The molecule has 45 heavy (non-hydrogen) atoms. The summed E-state index contributed by atoms with van der Waals surface area (Å²) in [6, 6.07) is 28.0. The largest absolute Gasteiger partial charge is 0.493 e. The van der Waals surface area contributed by atoms with Gasteiger partial charge in [-0.15, -0.1) is 0 Å². The van der Waals surface area contributed by atoms with Crippen molar-refractivity contribution in [3.05, 3.63) is 113 Å². The predicted octanol–water partition coefficient (Wildman–Crippen LogP) is 8.59. The van der Waals surface area contributed by atoms with Crippen molar-refractivity contribution in [1.82, 2.24) is 5.43 Å². The first kappa shape index (κ1) is 33.1. The van der Waals surface area contributed by atoms with Crippen molar-refractivity contribution < 1.29 is 23.7 Å². The van der Waals surface area contributed by atoms with Crippen LogP contribution in [0.2, 0.25) is 0 Å². The third-order valence-corrected chi connectivity index (χ3v) is 7.26. The van der Waals surface area contributed by atoms with Crippen molar-refractivity contribution in [3.8, 4) is 28.7 Å². The fraction of sp³-hybridized carbons (Fsp3) is 0.316. The Bertz CT molecular complexity index is 1580. The molecule has 0 aliphatic rings. The van der Waals surface area contributed by atoms with Crippen LogP contribution in [0, 0.1) is 6.92 Å². The Labute approximate surface area is 267 Å². The van der Waals surface area contributed by atoms with Crippen molar-refractivity contribution >= 4 is 11.6 Å². The zero-order chi connectivity index (χ0) is 32.0. The first-order valence-electron chi connectivity index (χ1n) is 15.6. The number of hydrogen-bond acceptors (Lipinski definition) is 6. The lowest BCUT2D eigenvalue weighted by Crippen LogP contribution is -2.16. The number of carbonyl (C=O) groups is 1. The summed E-state index contributed by atoms with van der Waals surface area (Å²) in [7, 11) is 0. The second kappa shape index (κ2) is 16.9. The Morgan fingerprint density at radius 1 is 0.756 bits per heavy atom. The summed E-state index contributed by atoms with van der Waals surface area (Å²) in [4.78, 5) is 11.5. The molecular formula is C38H44N2O5. The molecule has 0 spiro atoms. The zero-order valence-corrected chi connectivity index (χ0v) is 27.0. The molecule has 0 radical (unpaired) electrons. The van der Waals surface area contributed by atoms with Gasteiger partial charge >= 0.3 is 0 Å². The van der Waals surface area contributed by atoms with E-state index in [-0.39, 0.29) is 5.91 Å². The van der Waals surface area contributed by atoms with Crippen molar-refractivity contribution in [1.29, 1.82) is 0 Å². The van der Waals surface area contributed by atoms with E-state index < -0.39 is 0 Å². The summed E-state index contributed by atoms with van der Waals surface area (Å²) in [6.07, 6.45) is 3.30. The van der Waals surface area contributed by atoms with E-state index in [2.05, 4.69) is 24.4 Å². The molecule has 0 saturated heterocycles. The fourth-order valence-electron chi connectivity index (χ4n) is 4.86. The normalized spacial score (nSPS) is 11.2. The Morgan fingerprint density at radius 2 is 1.44 bits per heavy atom. The van der Waals surface area contributed by atoms with Crippen molar-refractivity contribution in [2.45, 2.75) is 66.9 Å². The zero-order valence-electron chi connectivity index (χ0n) is 27.0. The number of carbonyl (C=O) groups excluding carboxylic acids is 1. The van der Waals surface area contributed by atoms with Gasteiger partial charge in [-0.25, -0.2) is 5.43 Å². The minimum absolute atomic E-state index is 0.230. The minimum atomic E-state index is -0.230. The van der Waals surface area contributed by atoms with E-state index in [1.807, 2.05) is 98.8 Å². The van der Waals surface area contributed by atoms with Gasteiger partial charge in [0.05, 0.1) is 18.9 Å². The summed E-state index contributed by atoms with van der Waals surface area (Å²) >= 11 is 0. The van der Waals surface area contributed by atoms with E-state index in [0.717, 1.165) is 70.1 Å². The molecule has 0 atom stereocenters. The molecule has 4 rings (SSSR count). The molecule has 4 aromatic rings. The van der Waals surface area contributed by atoms with Crippen LogP contribution in [0.5, 0.6) is 28.7 Å². The molecule has 236 valence electrons. The average Bonchev–Trinajstić information content (AvgIpc) is 3.05. The van der Waals surface area contributed by atoms with Gasteiger partial charge in [0.1, 0.15) is 35.4 Å². The number of nitrogens with zero attached hydrogens (tertiary/aromatic N) is 1. The maximum absolute atomic E-state index is 11.5. The fourth-order valence-corrected chi connectivity index (χ4v) is 4.86. The van der Waals surface area contributed by atoms with Gasteiger partial charge in [-0.1, -0.05) is 74.9 Å². The summed E-state index contributed by atoms with van der Waals surface area (Å²) in [5.74, 6) is 3.69. The number of nitrogens with one attached hydrogen (secondary N) is 1. The molecule has 0 heterocycles. The van der Waals surface area contributed by atoms with Crippen molar-refractivity contribution in [3.63, 3.8) is 0 Å². The van der Waals surface area contributed by atoms with Crippen LogP contribution in [0.25, 0.3) is 0 Å². The number of ether oxygens (including phenoxy) is 4. The second-order valence-electron chi connectivity index (χ2n) is 10.8. The molecule has 0 saturated carbocycles. The van der Waals surface area contributed by atoms with Gasteiger partial charge in [0.15, 0.2) is 0 Å². The van der Waals surface area contributed by atoms with Gasteiger partial charge < -0.3 is 18.9 Å². The van der Waals surface area contributed by atoms with Crippen molar-refractivity contribution in [2.75, 3.05) is 13.2 Å². The number of rotatable bonds is 16. The van der Waals surface area contributed by atoms with Gasteiger partial charge in [0.25, 0.3) is 0 Å². The van der Waals surface area contributed by atoms with Crippen LogP contribution in [0.3, 0.4) is 0 Å². The van der Waals surface area contributed by atoms with Gasteiger partial charge in [0, 0.05) is 30.5 Å². The molecule has 0 aliphatic heterocycles. The number of para-hydroxylation sites is 1.